The van der Waals surface area contributed by atoms with Gasteiger partial charge in [0.15, 0.2) is 16.6 Å². The minimum Gasteiger partial charge on any atom is -0.493 e. The van der Waals surface area contributed by atoms with E-state index in [9.17, 15) is 0 Å². The van der Waals surface area contributed by atoms with Gasteiger partial charge >= 0.3 is 0 Å². The zero-order chi connectivity index (χ0) is 23.6. The van der Waals surface area contributed by atoms with Crippen molar-refractivity contribution in [1.29, 1.82) is 0 Å². The molecule has 0 spiro atoms. The number of nitrogens with zero attached hydrogens (tertiary/aromatic N) is 2. The van der Waals surface area contributed by atoms with E-state index in [-0.39, 0.29) is 0 Å². The molecule has 0 aliphatic heterocycles. The summed E-state index contributed by atoms with van der Waals surface area (Å²) in [5, 5.41) is 3.90. The van der Waals surface area contributed by atoms with Crippen LogP contribution in [0.15, 0.2) is 60.9 Å². The fourth-order valence-electron chi connectivity index (χ4n) is 3.40. The van der Waals surface area contributed by atoms with Gasteiger partial charge in [0.1, 0.15) is 5.75 Å². The highest BCUT2D eigenvalue weighted by molar-refractivity contribution is 7.80. The summed E-state index contributed by atoms with van der Waals surface area (Å²) in [6, 6.07) is 15.5. The van der Waals surface area contributed by atoms with Crippen LogP contribution in [0.5, 0.6) is 23.0 Å². The van der Waals surface area contributed by atoms with Crippen LogP contribution in [-0.4, -0.2) is 42.9 Å². The van der Waals surface area contributed by atoms with Crippen molar-refractivity contribution in [2.45, 2.75) is 20.0 Å². The summed E-state index contributed by atoms with van der Waals surface area (Å²) >= 11 is 5.82. The first-order chi connectivity index (χ1) is 16.1. The Morgan fingerprint density at radius 3 is 2.21 bits per heavy atom. The number of hydrogen-bond acceptors (Lipinski definition) is 6. The number of benzene rings is 2. The summed E-state index contributed by atoms with van der Waals surface area (Å²) in [4.78, 5) is 6.29. The van der Waals surface area contributed by atoms with E-state index in [1.165, 1.54) is 0 Å². The highest BCUT2D eigenvalue weighted by Crippen LogP contribution is 2.38. The van der Waals surface area contributed by atoms with Crippen LogP contribution < -0.4 is 24.3 Å². The Bertz CT molecular complexity index is 1040. The van der Waals surface area contributed by atoms with Gasteiger partial charge in [0, 0.05) is 25.5 Å². The molecule has 0 atom stereocenters. The monoisotopic (exact) mass is 467 g/mol. The number of hydrogen-bond donors (Lipinski definition) is 1. The molecule has 8 heteroatoms. The molecular weight excluding hydrogens is 438 g/mol. The maximum absolute atomic E-state index is 5.82. The highest BCUT2D eigenvalue weighted by Gasteiger charge is 2.18. The molecule has 0 aliphatic rings. The van der Waals surface area contributed by atoms with E-state index in [2.05, 4.69) is 15.2 Å². The molecule has 174 valence electrons. The molecule has 7 nitrogen and oxygen atoms in total. The van der Waals surface area contributed by atoms with E-state index in [0.29, 0.717) is 42.1 Å². The second-order valence-electron chi connectivity index (χ2n) is 7.11. The van der Waals surface area contributed by atoms with Crippen molar-refractivity contribution < 1.29 is 18.9 Å². The average molecular weight is 468 g/mol. The van der Waals surface area contributed by atoms with Gasteiger partial charge in [-0.1, -0.05) is 18.2 Å². The lowest BCUT2D eigenvalue weighted by Crippen LogP contribution is -2.34. The molecule has 0 unspecified atom stereocenters. The van der Waals surface area contributed by atoms with Crippen LogP contribution in [0, 0.1) is 0 Å². The van der Waals surface area contributed by atoms with Gasteiger partial charge in [-0.15, -0.1) is 0 Å². The predicted molar refractivity (Wildman–Crippen MR) is 133 cm³/mol. The second-order valence-corrected chi connectivity index (χ2v) is 7.50. The Hall–Kier alpha value is -3.52. The molecule has 1 aromatic heterocycles. The minimum absolute atomic E-state index is 0.508. The number of methoxy groups -OCH3 is 3. The lowest BCUT2D eigenvalue weighted by atomic mass is 10.1. The molecule has 0 fully saturated rings. The average Bonchev–Trinajstić information content (AvgIpc) is 2.84. The standard InChI is InChI=1S/C25H29N3O4S/c1-5-32-21-11-7-6-10-20(21)27-25(33)28(16-18-9-8-12-26-15-18)17-19-13-22(29-2)24(31-4)23(14-19)30-3/h6-15H,5,16-17H2,1-4H3,(H,27,33). The van der Waals surface area contributed by atoms with Gasteiger partial charge in [-0.05, 0) is 60.6 Å². The van der Waals surface area contributed by atoms with E-state index in [0.717, 1.165) is 22.6 Å². The third-order valence-corrected chi connectivity index (χ3v) is 5.27. The number of anilines is 1. The number of thiocarbonyl (C=S) groups is 1. The maximum atomic E-state index is 5.82. The zero-order valence-electron chi connectivity index (χ0n) is 19.3. The molecule has 3 aromatic rings. The molecule has 1 heterocycles. The molecule has 1 N–H and O–H groups in total. The Morgan fingerprint density at radius 1 is 0.909 bits per heavy atom. The smallest absolute Gasteiger partial charge is 0.203 e. The first-order valence-electron chi connectivity index (χ1n) is 10.5. The third kappa shape index (κ3) is 6.26. The maximum Gasteiger partial charge on any atom is 0.203 e. The minimum atomic E-state index is 0.508. The van der Waals surface area contributed by atoms with Crippen LogP contribution in [0.25, 0.3) is 0 Å². The van der Waals surface area contributed by atoms with Crippen molar-refractivity contribution in [3.05, 3.63) is 72.1 Å². The van der Waals surface area contributed by atoms with Crippen molar-refractivity contribution in [3.8, 4) is 23.0 Å². The van der Waals surface area contributed by atoms with Gasteiger partial charge < -0.3 is 29.2 Å². The molecule has 0 radical (unpaired) electrons. The lowest BCUT2D eigenvalue weighted by molar-refractivity contribution is 0.322. The first-order valence-corrected chi connectivity index (χ1v) is 11.0. The Labute approximate surface area is 200 Å². The van der Waals surface area contributed by atoms with Crippen molar-refractivity contribution in [3.63, 3.8) is 0 Å². The van der Waals surface area contributed by atoms with Gasteiger partial charge in [0.25, 0.3) is 0 Å². The zero-order valence-corrected chi connectivity index (χ0v) is 20.1. The van der Waals surface area contributed by atoms with Crippen LogP contribution in [0.1, 0.15) is 18.1 Å². The van der Waals surface area contributed by atoms with Crippen LogP contribution >= 0.6 is 12.2 Å². The third-order valence-electron chi connectivity index (χ3n) is 4.91. The summed E-state index contributed by atoms with van der Waals surface area (Å²) in [5.41, 5.74) is 2.80. The summed E-state index contributed by atoms with van der Waals surface area (Å²) in [7, 11) is 4.79. The SMILES string of the molecule is CCOc1ccccc1NC(=S)N(Cc1cccnc1)Cc1cc(OC)c(OC)c(OC)c1. The Kier molecular flexibility index (Phi) is 8.71. The van der Waals surface area contributed by atoms with Crippen LogP contribution in [0.2, 0.25) is 0 Å². The summed E-state index contributed by atoms with van der Waals surface area (Å²) in [5.74, 6) is 2.48. The molecule has 33 heavy (non-hydrogen) atoms. The molecule has 0 aliphatic carbocycles. The fourth-order valence-corrected chi connectivity index (χ4v) is 3.64. The molecule has 2 aromatic carbocycles. The Morgan fingerprint density at radius 2 is 1.61 bits per heavy atom. The number of para-hydroxylation sites is 2. The van der Waals surface area contributed by atoms with E-state index in [1.54, 1.807) is 27.5 Å². The largest absolute Gasteiger partial charge is 0.493 e. The Balaban J connectivity index is 1.91. The van der Waals surface area contributed by atoms with E-state index in [1.807, 2.05) is 61.7 Å². The summed E-state index contributed by atoms with van der Waals surface area (Å²) < 4.78 is 22.2. The van der Waals surface area contributed by atoms with Crippen molar-refractivity contribution >= 4 is 23.0 Å². The topological polar surface area (TPSA) is 65.1 Å². The molecule has 0 amide bonds. The predicted octanol–water partition coefficient (Wildman–Crippen LogP) is 4.91. The lowest BCUT2D eigenvalue weighted by Gasteiger charge is -2.27. The number of ether oxygens (including phenoxy) is 4. The molecule has 3 rings (SSSR count). The van der Waals surface area contributed by atoms with E-state index in [4.69, 9.17) is 31.2 Å². The number of aromatic nitrogens is 1. The van der Waals surface area contributed by atoms with Crippen LogP contribution in [0.4, 0.5) is 5.69 Å². The van der Waals surface area contributed by atoms with Gasteiger partial charge in [0.2, 0.25) is 5.75 Å². The van der Waals surface area contributed by atoms with Gasteiger partial charge in [-0.3, -0.25) is 4.98 Å². The number of pyridine rings is 1. The second kappa shape index (κ2) is 11.9. The summed E-state index contributed by atoms with van der Waals surface area (Å²) in [6.45, 7) is 3.59. The normalized spacial score (nSPS) is 10.3. The van der Waals surface area contributed by atoms with Crippen molar-refractivity contribution in [1.82, 2.24) is 9.88 Å². The van der Waals surface area contributed by atoms with Crippen LogP contribution in [0.3, 0.4) is 0 Å². The van der Waals surface area contributed by atoms with Gasteiger partial charge in [0.05, 0.1) is 33.6 Å². The van der Waals surface area contributed by atoms with Gasteiger partial charge in [-0.2, -0.15) is 0 Å². The molecule has 0 saturated heterocycles. The highest BCUT2D eigenvalue weighted by atomic mass is 32.1. The molecule has 0 bridgehead atoms. The molecule has 0 saturated carbocycles. The fraction of sp³-hybridized carbons (Fsp3) is 0.280. The molecular formula is C25H29N3O4S. The number of nitrogens with one attached hydrogen (secondary N) is 1. The summed E-state index contributed by atoms with van der Waals surface area (Å²) in [6.07, 6.45) is 3.58. The van der Waals surface area contributed by atoms with E-state index >= 15 is 0 Å². The number of rotatable bonds is 10. The first kappa shape index (κ1) is 24.1. The van der Waals surface area contributed by atoms with E-state index < -0.39 is 0 Å². The van der Waals surface area contributed by atoms with Gasteiger partial charge in [-0.25, -0.2) is 0 Å². The van der Waals surface area contributed by atoms with Crippen molar-refractivity contribution in [2.24, 2.45) is 0 Å². The quantitative estimate of drug-likeness (QED) is 0.422. The van der Waals surface area contributed by atoms with Crippen molar-refractivity contribution in [2.75, 3.05) is 33.3 Å². The van der Waals surface area contributed by atoms with Crippen LogP contribution in [-0.2, 0) is 13.1 Å².